The van der Waals surface area contributed by atoms with Crippen molar-refractivity contribution in [2.45, 2.75) is 24.9 Å². The number of nitrogens with zero attached hydrogens (tertiary/aromatic N) is 3. The van der Waals surface area contributed by atoms with Crippen LogP contribution < -0.4 is 10.1 Å². The molecule has 25 heavy (non-hydrogen) atoms. The summed E-state index contributed by atoms with van der Waals surface area (Å²) in [7, 11) is 5.30. The summed E-state index contributed by atoms with van der Waals surface area (Å²) < 4.78 is 5.10. The number of nitriles is 1. The largest absolute Gasteiger partial charge is 0.495 e. The minimum absolute atomic E-state index is 0.158. The molecule has 1 saturated heterocycles. The van der Waals surface area contributed by atoms with Gasteiger partial charge in [0.05, 0.1) is 18.2 Å². The van der Waals surface area contributed by atoms with E-state index in [0.29, 0.717) is 11.3 Å². The number of hydrogen-bond acceptors (Lipinski definition) is 4. The molecule has 0 radical (unpaired) electrons. The number of amides is 2. The van der Waals surface area contributed by atoms with Crippen molar-refractivity contribution in [1.82, 2.24) is 15.1 Å². The molecule has 8 heteroatoms. The zero-order valence-corrected chi connectivity index (χ0v) is 16.1. The van der Waals surface area contributed by atoms with Gasteiger partial charge in [0.25, 0.3) is 0 Å². The number of ether oxygens (including phenoxy) is 1. The van der Waals surface area contributed by atoms with Crippen LogP contribution in [0, 0.1) is 11.3 Å². The van der Waals surface area contributed by atoms with E-state index in [1.165, 1.54) is 7.11 Å². The minimum atomic E-state index is -0.892. The molecule has 1 aromatic carbocycles. The number of carbonyl (C=O) groups is 1. The fourth-order valence-electron chi connectivity index (χ4n) is 2.88. The lowest BCUT2D eigenvalue weighted by Crippen LogP contribution is -2.48. The van der Waals surface area contributed by atoms with Crippen LogP contribution in [0.4, 0.5) is 4.79 Å². The Kier molecular flexibility index (Phi) is 6.77. The van der Waals surface area contributed by atoms with Crippen LogP contribution in [0.2, 0.25) is 10.0 Å². The molecule has 6 nitrogen and oxygen atoms in total. The predicted octanol–water partition coefficient (Wildman–Crippen LogP) is 3.30. The van der Waals surface area contributed by atoms with Gasteiger partial charge in [-0.3, -0.25) is 0 Å². The van der Waals surface area contributed by atoms with Crippen molar-refractivity contribution in [1.29, 1.82) is 5.26 Å². The van der Waals surface area contributed by atoms with Crippen LogP contribution in [-0.4, -0.2) is 56.2 Å². The molecule has 1 fully saturated rings. The van der Waals surface area contributed by atoms with Gasteiger partial charge < -0.3 is 19.9 Å². The maximum absolute atomic E-state index is 12.5. The molecule has 1 heterocycles. The summed E-state index contributed by atoms with van der Waals surface area (Å²) >= 11 is 12.4. The summed E-state index contributed by atoms with van der Waals surface area (Å²) in [6, 6.07) is 4.29. The van der Waals surface area contributed by atoms with Gasteiger partial charge in [-0.25, -0.2) is 4.79 Å². The fraction of sp³-hybridized carbons (Fsp3) is 0.529. The highest BCUT2D eigenvalue weighted by atomic mass is 35.5. The first-order valence-corrected chi connectivity index (χ1v) is 8.78. The molecule has 0 bridgehead atoms. The van der Waals surface area contributed by atoms with Crippen molar-refractivity contribution in [3.8, 4) is 11.8 Å². The van der Waals surface area contributed by atoms with Crippen molar-refractivity contribution in [3.05, 3.63) is 27.7 Å². The average Bonchev–Trinajstić information content (AvgIpc) is 2.62. The topological polar surface area (TPSA) is 68.6 Å². The summed E-state index contributed by atoms with van der Waals surface area (Å²) in [5.41, 5.74) is 0.445. The molecule has 1 N–H and O–H groups in total. The van der Waals surface area contributed by atoms with E-state index in [0.717, 1.165) is 25.9 Å². The lowest BCUT2D eigenvalue weighted by atomic mass is 10.0. The predicted molar refractivity (Wildman–Crippen MR) is 98.2 cm³/mol. The molecule has 1 aliphatic rings. The second kappa shape index (κ2) is 8.61. The quantitative estimate of drug-likeness (QED) is 0.864. The second-order valence-corrected chi connectivity index (χ2v) is 6.90. The average molecular weight is 385 g/mol. The van der Waals surface area contributed by atoms with Crippen LogP contribution in [-0.2, 0) is 0 Å². The zero-order chi connectivity index (χ0) is 18.6. The Morgan fingerprint density at radius 2 is 2.04 bits per heavy atom. The van der Waals surface area contributed by atoms with Gasteiger partial charge in [-0.05, 0) is 39.0 Å². The van der Waals surface area contributed by atoms with Crippen molar-refractivity contribution < 1.29 is 9.53 Å². The van der Waals surface area contributed by atoms with Crippen molar-refractivity contribution in [3.63, 3.8) is 0 Å². The molecular weight excluding hydrogens is 363 g/mol. The molecule has 1 aromatic rings. The third-order valence-electron chi connectivity index (χ3n) is 4.56. The van der Waals surface area contributed by atoms with E-state index in [4.69, 9.17) is 27.9 Å². The number of urea groups is 1. The van der Waals surface area contributed by atoms with Gasteiger partial charge >= 0.3 is 6.03 Å². The molecule has 0 aliphatic carbocycles. The standard InChI is InChI=1S/C17H22Cl2N4O2/c1-22-8-6-11(7-9-22)23(2)17(24)21-13(10-20)12-4-5-14(25-3)16(19)15(12)18/h4-5,11,13H,6-9H2,1-3H3,(H,21,24). The van der Waals surface area contributed by atoms with E-state index in [2.05, 4.69) is 23.3 Å². The van der Waals surface area contributed by atoms with E-state index in [9.17, 15) is 10.1 Å². The number of halogens is 2. The number of hydrogen-bond donors (Lipinski definition) is 1. The van der Waals surface area contributed by atoms with Crippen LogP contribution in [0.3, 0.4) is 0 Å². The SMILES string of the molecule is COc1ccc(C(C#N)NC(=O)N(C)C2CCN(C)CC2)c(Cl)c1Cl. The van der Waals surface area contributed by atoms with Gasteiger partial charge in [0.15, 0.2) is 0 Å². The van der Waals surface area contributed by atoms with Crippen LogP contribution in [0.15, 0.2) is 12.1 Å². The molecule has 0 spiro atoms. The smallest absolute Gasteiger partial charge is 0.318 e. The Morgan fingerprint density at radius 1 is 1.40 bits per heavy atom. The van der Waals surface area contributed by atoms with E-state index in [-0.39, 0.29) is 22.1 Å². The molecule has 2 rings (SSSR count). The van der Waals surface area contributed by atoms with Gasteiger partial charge in [-0.1, -0.05) is 29.3 Å². The van der Waals surface area contributed by atoms with Gasteiger partial charge in [-0.15, -0.1) is 0 Å². The number of rotatable bonds is 4. The normalized spacial score (nSPS) is 16.8. The number of nitrogens with one attached hydrogen (secondary N) is 1. The molecule has 2 amide bonds. The molecule has 0 aromatic heterocycles. The molecule has 1 atom stereocenters. The lowest BCUT2D eigenvalue weighted by molar-refractivity contribution is 0.147. The first-order valence-electron chi connectivity index (χ1n) is 8.02. The summed E-state index contributed by atoms with van der Waals surface area (Å²) in [6.45, 7) is 1.90. The van der Waals surface area contributed by atoms with Gasteiger partial charge in [0.1, 0.15) is 16.8 Å². The lowest BCUT2D eigenvalue weighted by Gasteiger charge is -2.35. The fourth-order valence-corrected chi connectivity index (χ4v) is 3.39. The number of methoxy groups -OCH3 is 1. The Labute approximate surface area is 158 Å². The molecule has 1 unspecified atom stereocenters. The monoisotopic (exact) mass is 384 g/mol. The summed E-state index contributed by atoms with van der Waals surface area (Å²) in [5, 5.41) is 12.6. The highest BCUT2D eigenvalue weighted by molar-refractivity contribution is 6.43. The molecule has 1 aliphatic heterocycles. The van der Waals surface area contributed by atoms with Gasteiger partial charge in [-0.2, -0.15) is 5.26 Å². The third-order valence-corrected chi connectivity index (χ3v) is 5.44. The number of benzene rings is 1. The summed E-state index contributed by atoms with van der Waals surface area (Å²) in [5.74, 6) is 0.418. The Hall–Kier alpha value is -1.68. The number of carbonyl (C=O) groups excluding carboxylic acids is 1. The van der Waals surface area contributed by atoms with E-state index >= 15 is 0 Å². The molecule has 136 valence electrons. The van der Waals surface area contributed by atoms with Gasteiger partial charge in [0.2, 0.25) is 0 Å². The number of piperidine rings is 1. The van der Waals surface area contributed by atoms with Crippen LogP contribution >= 0.6 is 23.2 Å². The van der Waals surface area contributed by atoms with Crippen LogP contribution in [0.25, 0.3) is 0 Å². The van der Waals surface area contributed by atoms with Crippen molar-refractivity contribution in [2.24, 2.45) is 0 Å². The third kappa shape index (κ3) is 4.49. The summed E-state index contributed by atoms with van der Waals surface area (Å²) in [6.07, 6.45) is 1.82. The van der Waals surface area contributed by atoms with E-state index in [1.807, 2.05) is 0 Å². The second-order valence-electron chi connectivity index (χ2n) is 6.14. The van der Waals surface area contributed by atoms with Crippen molar-refractivity contribution in [2.75, 3.05) is 34.3 Å². The van der Waals surface area contributed by atoms with E-state index < -0.39 is 6.04 Å². The van der Waals surface area contributed by atoms with E-state index in [1.54, 1.807) is 24.1 Å². The first-order chi connectivity index (χ1) is 11.9. The Morgan fingerprint density at radius 3 is 2.60 bits per heavy atom. The van der Waals surface area contributed by atoms with Crippen LogP contribution in [0.1, 0.15) is 24.4 Å². The molecule has 0 saturated carbocycles. The number of likely N-dealkylation sites (tertiary alicyclic amines) is 1. The minimum Gasteiger partial charge on any atom is -0.495 e. The maximum atomic E-state index is 12.5. The highest BCUT2D eigenvalue weighted by Crippen LogP contribution is 2.37. The maximum Gasteiger partial charge on any atom is 0.318 e. The van der Waals surface area contributed by atoms with Gasteiger partial charge in [0, 0.05) is 18.7 Å². The Balaban J connectivity index is 2.10. The Bertz CT molecular complexity index is 669. The van der Waals surface area contributed by atoms with Crippen molar-refractivity contribution >= 4 is 29.2 Å². The highest BCUT2D eigenvalue weighted by Gasteiger charge is 2.27. The zero-order valence-electron chi connectivity index (χ0n) is 14.6. The van der Waals surface area contributed by atoms with Crippen LogP contribution in [0.5, 0.6) is 5.75 Å². The first kappa shape index (κ1) is 19.6. The summed E-state index contributed by atoms with van der Waals surface area (Å²) in [4.78, 5) is 16.4. The molecular formula is C17H22Cl2N4O2.